The lowest BCUT2D eigenvalue weighted by Gasteiger charge is -2.04. The van der Waals surface area contributed by atoms with Crippen LogP contribution in [-0.4, -0.2) is 22.0 Å². The van der Waals surface area contributed by atoms with Gasteiger partial charge in [0.1, 0.15) is 17.2 Å². The molecule has 0 spiro atoms. The summed E-state index contributed by atoms with van der Waals surface area (Å²) in [4.78, 5) is 0. The first-order chi connectivity index (χ1) is 10.2. The molecule has 0 bridgehead atoms. The summed E-state index contributed by atoms with van der Waals surface area (Å²) in [5.41, 5.74) is 0.845. The van der Waals surface area contributed by atoms with Crippen molar-refractivity contribution in [3.8, 4) is 28.7 Å². The zero-order valence-electron chi connectivity index (χ0n) is 11.4. The fourth-order valence-corrected chi connectivity index (χ4v) is 1.89. The summed E-state index contributed by atoms with van der Waals surface area (Å²) < 4.78 is 12.5. The molecule has 0 aliphatic carbocycles. The Hall–Kier alpha value is -2.95. The molecule has 21 heavy (non-hydrogen) atoms. The van der Waals surface area contributed by atoms with Gasteiger partial charge in [-0.25, -0.2) is 4.68 Å². The minimum atomic E-state index is 0.223. The van der Waals surface area contributed by atoms with E-state index in [1.165, 1.54) is 0 Å². The van der Waals surface area contributed by atoms with Gasteiger partial charge in [0.05, 0.1) is 25.2 Å². The van der Waals surface area contributed by atoms with Gasteiger partial charge in [-0.3, -0.25) is 0 Å². The molecule has 1 N–H and O–H groups in total. The van der Waals surface area contributed by atoms with Crippen LogP contribution in [0.5, 0.6) is 23.0 Å². The van der Waals surface area contributed by atoms with E-state index >= 15 is 0 Å². The Balaban J connectivity index is 1.76. The first kappa shape index (κ1) is 13.1. The molecule has 0 aliphatic heterocycles. The zero-order valence-corrected chi connectivity index (χ0v) is 11.4. The molecule has 0 atom stereocenters. The highest BCUT2D eigenvalue weighted by Crippen LogP contribution is 2.24. The second-order valence-electron chi connectivity index (χ2n) is 4.41. The Morgan fingerprint density at radius 1 is 0.905 bits per heavy atom. The number of benzene rings is 2. The van der Waals surface area contributed by atoms with Crippen LogP contribution in [0.1, 0.15) is 0 Å². The van der Waals surface area contributed by atoms with Crippen molar-refractivity contribution in [2.75, 3.05) is 7.11 Å². The van der Waals surface area contributed by atoms with Crippen molar-refractivity contribution in [1.82, 2.24) is 9.78 Å². The minimum absolute atomic E-state index is 0.223. The molecule has 0 radical (unpaired) electrons. The van der Waals surface area contributed by atoms with Gasteiger partial charge in [0.15, 0.2) is 5.75 Å². The molecule has 2 aromatic carbocycles. The first-order valence-electron chi connectivity index (χ1n) is 6.40. The molecule has 0 unspecified atom stereocenters. The number of aromatic nitrogens is 2. The summed E-state index contributed by atoms with van der Waals surface area (Å²) in [7, 11) is 1.62. The monoisotopic (exact) mass is 282 g/mol. The largest absolute Gasteiger partial charge is 0.508 e. The summed E-state index contributed by atoms with van der Waals surface area (Å²) in [5.74, 6) is 2.34. The second-order valence-corrected chi connectivity index (χ2v) is 4.41. The van der Waals surface area contributed by atoms with Crippen molar-refractivity contribution in [3.63, 3.8) is 0 Å². The van der Waals surface area contributed by atoms with Gasteiger partial charge in [-0.1, -0.05) is 0 Å². The van der Waals surface area contributed by atoms with Crippen LogP contribution in [0.25, 0.3) is 5.69 Å². The fourth-order valence-electron chi connectivity index (χ4n) is 1.89. The molecule has 5 nitrogen and oxygen atoms in total. The normalized spacial score (nSPS) is 10.3. The summed E-state index contributed by atoms with van der Waals surface area (Å²) in [6.07, 6.45) is 3.41. The van der Waals surface area contributed by atoms with E-state index in [2.05, 4.69) is 5.10 Å². The van der Waals surface area contributed by atoms with Gasteiger partial charge in [-0.15, -0.1) is 0 Å². The van der Waals surface area contributed by atoms with Gasteiger partial charge < -0.3 is 14.6 Å². The van der Waals surface area contributed by atoms with Crippen LogP contribution in [0, 0.1) is 0 Å². The van der Waals surface area contributed by atoms with Crippen molar-refractivity contribution in [2.45, 2.75) is 0 Å². The summed E-state index contributed by atoms with van der Waals surface area (Å²) in [5, 5.41) is 13.5. The molecule has 0 aliphatic rings. The fraction of sp³-hybridized carbons (Fsp3) is 0.0625. The highest BCUT2D eigenvalue weighted by molar-refractivity contribution is 5.38. The van der Waals surface area contributed by atoms with E-state index in [1.54, 1.807) is 48.5 Å². The number of phenols is 1. The molecule has 106 valence electrons. The molecule has 0 fully saturated rings. The third kappa shape index (κ3) is 2.97. The van der Waals surface area contributed by atoms with Gasteiger partial charge in [0, 0.05) is 0 Å². The number of hydrogen-bond donors (Lipinski definition) is 1. The summed E-state index contributed by atoms with van der Waals surface area (Å²) >= 11 is 0. The van der Waals surface area contributed by atoms with Gasteiger partial charge >= 0.3 is 0 Å². The molecule has 0 amide bonds. The number of aromatic hydroxyl groups is 1. The van der Waals surface area contributed by atoms with Crippen molar-refractivity contribution >= 4 is 0 Å². The second kappa shape index (κ2) is 5.58. The van der Waals surface area contributed by atoms with Crippen molar-refractivity contribution in [1.29, 1.82) is 0 Å². The van der Waals surface area contributed by atoms with Gasteiger partial charge in [0.2, 0.25) is 0 Å². The van der Waals surface area contributed by atoms with Crippen LogP contribution in [0.2, 0.25) is 0 Å². The topological polar surface area (TPSA) is 56.5 Å². The quantitative estimate of drug-likeness (QED) is 0.797. The molecule has 1 heterocycles. The van der Waals surface area contributed by atoms with E-state index in [4.69, 9.17) is 9.47 Å². The van der Waals surface area contributed by atoms with Crippen LogP contribution in [0.3, 0.4) is 0 Å². The number of rotatable bonds is 4. The van der Waals surface area contributed by atoms with E-state index in [0.717, 1.165) is 11.4 Å². The smallest absolute Gasteiger partial charge is 0.165 e. The maximum absolute atomic E-state index is 9.28. The Morgan fingerprint density at radius 2 is 1.57 bits per heavy atom. The average Bonchev–Trinajstić information content (AvgIpc) is 2.97. The van der Waals surface area contributed by atoms with Crippen molar-refractivity contribution in [2.24, 2.45) is 0 Å². The predicted molar refractivity (Wildman–Crippen MR) is 78.3 cm³/mol. The summed E-state index contributed by atoms with van der Waals surface area (Å²) in [6.45, 7) is 0. The van der Waals surface area contributed by atoms with Crippen LogP contribution < -0.4 is 9.47 Å². The zero-order chi connectivity index (χ0) is 14.7. The van der Waals surface area contributed by atoms with Crippen molar-refractivity contribution in [3.05, 3.63) is 60.9 Å². The van der Waals surface area contributed by atoms with Gasteiger partial charge in [-0.2, -0.15) is 5.10 Å². The maximum atomic E-state index is 9.28. The lowest BCUT2D eigenvalue weighted by molar-refractivity contribution is 0.413. The highest BCUT2D eigenvalue weighted by Gasteiger charge is 2.03. The van der Waals surface area contributed by atoms with E-state index in [0.29, 0.717) is 11.5 Å². The number of ether oxygens (including phenoxy) is 2. The molecule has 3 rings (SSSR count). The van der Waals surface area contributed by atoms with Gasteiger partial charge in [-0.05, 0) is 48.5 Å². The van der Waals surface area contributed by atoms with E-state index in [-0.39, 0.29) is 5.75 Å². The van der Waals surface area contributed by atoms with E-state index in [9.17, 15) is 5.11 Å². The first-order valence-corrected chi connectivity index (χ1v) is 6.40. The Bertz CT molecular complexity index is 718. The Kier molecular flexibility index (Phi) is 3.47. The molecular weight excluding hydrogens is 268 g/mol. The molecule has 0 saturated heterocycles. The van der Waals surface area contributed by atoms with Crippen molar-refractivity contribution < 1.29 is 14.6 Å². The molecule has 0 saturated carbocycles. The molecule has 3 aromatic rings. The van der Waals surface area contributed by atoms with Crippen LogP contribution in [-0.2, 0) is 0 Å². The number of phenolic OH excluding ortho intramolecular Hbond substituents is 1. The number of nitrogens with zero attached hydrogens (tertiary/aromatic N) is 2. The predicted octanol–water partition coefficient (Wildman–Crippen LogP) is 3.38. The Morgan fingerprint density at radius 3 is 2.24 bits per heavy atom. The lowest BCUT2D eigenvalue weighted by Crippen LogP contribution is -1.92. The SMILES string of the molecule is COc1ccc(Oc2cnn(-c3ccc(O)cc3)c2)cc1. The van der Waals surface area contributed by atoms with E-state index < -0.39 is 0 Å². The highest BCUT2D eigenvalue weighted by atomic mass is 16.5. The Labute approximate surface area is 122 Å². The van der Waals surface area contributed by atoms with Crippen LogP contribution in [0.4, 0.5) is 0 Å². The van der Waals surface area contributed by atoms with E-state index in [1.807, 2.05) is 24.3 Å². The van der Waals surface area contributed by atoms with Crippen LogP contribution in [0.15, 0.2) is 60.9 Å². The molecule has 5 heteroatoms. The summed E-state index contributed by atoms with van der Waals surface area (Å²) in [6, 6.07) is 14.1. The standard InChI is InChI=1S/C16H14N2O3/c1-20-14-6-8-15(9-7-14)21-16-10-17-18(11-16)12-2-4-13(19)5-3-12/h2-11,19H,1H3. The number of hydrogen-bond acceptors (Lipinski definition) is 4. The lowest BCUT2D eigenvalue weighted by atomic mass is 10.3. The minimum Gasteiger partial charge on any atom is -0.508 e. The third-order valence-corrected chi connectivity index (χ3v) is 2.97. The molecular formula is C16H14N2O3. The van der Waals surface area contributed by atoms with Gasteiger partial charge in [0.25, 0.3) is 0 Å². The third-order valence-electron chi connectivity index (χ3n) is 2.97. The average molecular weight is 282 g/mol. The maximum Gasteiger partial charge on any atom is 0.165 e. The molecule has 1 aromatic heterocycles. The van der Waals surface area contributed by atoms with Crippen LogP contribution >= 0.6 is 0 Å². The number of methoxy groups -OCH3 is 1.